The van der Waals surface area contributed by atoms with Gasteiger partial charge in [0, 0.05) is 12.5 Å². The van der Waals surface area contributed by atoms with E-state index in [0.29, 0.717) is 12.0 Å². The quantitative estimate of drug-likeness (QED) is 0.0978. The summed E-state index contributed by atoms with van der Waals surface area (Å²) >= 11 is 0. The summed E-state index contributed by atoms with van der Waals surface area (Å²) in [5.74, 6) is 0.121. The van der Waals surface area contributed by atoms with E-state index in [1.807, 2.05) is 0 Å². The highest BCUT2D eigenvalue weighted by molar-refractivity contribution is 5.55. The van der Waals surface area contributed by atoms with E-state index in [1.165, 1.54) is 28.4 Å². The van der Waals surface area contributed by atoms with E-state index >= 15 is 0 Å². The molecule has 2 aromatic carbocycles. The summed E-state index contributed by atoms with van der Waals surface area (Å²) in [4.78, 5) is 0. The molecule has 0 bridgehead atoms. The second-order valence-corrected chi connectivity index (χ2v) is 12.8. The molecule has 0 amide bonds. The Hall–Kier alpha value is -3.24. The van der Waals surface area contributed by atoms with Crippen molar-refractivity contribution >= 4 is 0 Å². The largest absolute Gasteiger partial charge is 0.493 e. The van der Waals surface area contributed by atoms with Crippen LogP contribution in [-0.4, -0.2) is 162 Å². The first-order valence-corrected chi connectivity index (χ1v) is 16.6. The van der Waals surface area contributed by atoms with Crippen LogP contribution in [0.5, 0.6) is 34.5 Å². The molecule has 18 nitrogen and oxygen atoms in total. The van der Waals surface area contributed by atoms with E-state index in [2.05, 4.69) is 0 Å². The summed E-state index contributed by atoms with van der Waals surface area (Å²) in [6.07, 6.45) is -15.4. The van der Waals surface area contributed by atoms with Gasteiger partial charge in [-0.25, -0.2) is 0 Å². The first kappa shape index (κ1) is 40.0. The van der Waals surface area contributed by atoms with Gasteiger partial charge < -0.3 is 88.6 Å². The molecule has 0 aromatic heterocycles. The van der Waals surface area contributed by atoms with Crippen LogP contribution < -0.4 is 28.4 Å². The van der Waals surface area contributed by atoms with E-state index in [-0.39, 0.29) is 53.6 Å². The van der Waals surface area contributed by atoms with Crippen LogP contribution in [0.4, 0.5) is 0 Å². The third-order valence-electron chi connectivity index (χ3n) is 9.69. The number of benzene rings is 2. The van der Waals surface area contributed by atoms with Crippen molar-refractivity contribution < 1.29 is 88.6 Å². The molecule has 0 saturated carbocycles. The Morgan fingerprint density at radius 2 is 1.00 bits per heavy atom. The van der Waals surface area contributed by atoms with Gasteiger partial charge in [-0.15, -0.1) is 0 Å². The third kappa shape index (κ3) is 7.84. The molecule has 3 heterocycles. The molecule has 3 saturated heterocycles. The number of ether oxygens (including phenoxy) is 9. The van der Waals surface area contributed by atoms with Gasteiger partial charge in [-0.3, -0.25) is 0 Å². The monoisotopic (exact) mass is 744 g/mol. The van der Waals surface area contributed by atoms with E-state index < -0.39 is 86.6 Å². The van der Waals surface area contributed by atoms with E-state index in [0.717, 1.165) is 5.56 Å². The fourth-order valence-corrected chi connectivity index (χ4v) is 6.73. The molecular formula is C34H48O18. The molecule has 5 rings (SSSR count). The molecule has 292 valence electrons. The van der Waals surface area contributed by atoms with E-state index in [4.69, 9.17) is 42.6 Å². The van der Waals surface area contributed by atoms with Crippen LogP contribution in [-0.2, 0) is 20.6 Å². The van der Waals surface area contributed by atoms with Gasteiger partial charge in [-0.1, -0.05) is 0 Å². The molecule has 52 heavy (non-hydrogen) atoms. The maximum absolute atomic E-state index is 10.6. The molecule has 18 heteroatoms. The van der Waals surface area contributed by atoms with Crippen molar-refractivity contribution in [2.45, 2.75) is 73.9 Å². The van der Waals surface area contributed by atoms with Gasteiger partial charge >= 0.3 is 0 Å². The maximum atomic E-state index is 10.6. The molecule has 3 aliphatic rings. The minimum Gasteiger partial charge on any atom is -0.493 e. The fourth-order valence-electron chi connectivity index (χ4n) is 6.73. The number of aliphatic hydroxyl groups is 9. The number of rotatable bonds is 14. The lowest BCUT2D eigenvalue weighted by Crippen LogP contribution is -2.60. The second-order valence-electron chi connectivity index (χ2n) is 12.8. The van der Waals surface area contributed by atoms with Crippen LogP contribution in [0.15, 0.2) is 24.3 Å². The van der Waals surface area contributed by atoms with Crippen LogP contribution in [0.3, 0.4) is 0 Å². The van der Waals surface area contributed by atoms with Crippen molar-refractivity contribution in [2.24, 2.45) is 11.8 Å². The van der Waals surface area contributed by atoms with Crippen LogP contribution in [0.2, 0.25) is 0 Å². The lowest BCUT2D eigenvalue weighted by molar-refractivity contribution is -0.277. The predicted molar refractivity (Wildman–Crippen MR) is 174 cm³/mol. The number of methoxy groups -OCH3 is 4. The van der Waals surface area contributed by atoms with Gasteiger partial charge in [0.1, 0.15) is 48.8 Å². The van der Waals surface area contributed by atoms with E-state index in [9.17, 15) is 46.0 Å². The van der Waals surface area contributed by atoms with Crippen molar-refractivity contribution in [2.75, 3.05) is 54.9 Å². The maximum Gasteiger partial charge on any atom is 0.229 e. The molecule has 0 radical (unpaired) electrons. The average Bonchev–Trinajstić information content (AvgIpc) is 3.57. The highest BCUT2D eigenvalue weighted by atomic mass is 16.7. The summed E-state index contributed by atoms with van der Waals surface area (Å²) in [5.41, 5.74) is 1.30. The zero-order chi connectivity index (χ0) is 37.9. The smallest absolute Gasteiger partial charge is 0.229 e. The normalized spacial score (nSPS) is 34.8. The molecule has 0 aliphatic carbocycles. The summed E-state index contributed by atoms with van der Waals surface area (Å²) in [7, 11) is 5.56. The molecule has 2 aromatic rings. The summed E-state index contributed by atoms with van der Waals surface area (Å²) in [6, 6.07) is 6.60. The van der Waals surface area contributed by atoms with Crippen LogP contribution in [0.1, 0.15) is 17.2 Å². The molecule has 0 unspecified atom stereocenters. The Morgan fingerprint density at radius 3 is 1.38 bits per heavy atom. The second kappa shape index (κ2) is 17.3. The Labute approximate surface area is 299 Å². The van der Waals surface area contributed by atoms with Gasteiger partial charge in [-0.2, -0.15) is 0 Å². The standard InChI is InChI=1S/C34H48O18/c1-44-18-6-14(7-19(45-2)31(18)51-33-28(42)26(40)24(38)22(11-36)49-33)5-16-13-48-30(17(16)10-35)15-8-20(46-3)32(21(9-15)47-4)52-34-29(43)27(41)25(39)23(12-37)50-34/h6-9,16-17,22-30,33-43H,5,10-13H2,1-4H3/t16-,17-,22+,23+,24+,25+,26-,27-,28+,29+,30+,33-,34-/m0/s1. The molecule has 13 atom stereocenters. The van der Waals surface area contributed by atoms with Gasteiger partial charge in [0.05, 0.1) is 54.4 Å². The number of hydrogen-bond acceptors (Lipinski definition) is 18. The van der Waals surface area contributed by atoms with Crippen LogP contribution >= 0.6 is 0 Å². The first-order valence-electron chi connectivity index (χ1n) is 16.6. The lowest BCUT2D eigenvalue weighted by Gasteiger charge is -2.39. The fraction of sp³-hybridized carbons (Fsp3) is 0.647. The highest BCUT2D eigenvalue weighted by Gasteiger charge is 2.47. The zero-order valence-corrected chi connectivity index (χ0v) is 29.0. The third-order valence-corrected chi connectivity index (χ3v) is 9.69. The molecule has 3 aliphatic heterocycles. The van der Waals surface area contributed by atoms with Gasteiger partial charge in [0.25, 0.3) is 0 Å². The van der Waals surface area contributed by atoms with Crippen molar-refractivity contribution in [3.63, 3.8) is 0 Å². The summed E-state index contributed by atoms with van der Waals surface area (Å²) in [5, 5.41) is 91.5. The molecule has 0 spiro atoms. The summed E-state index contributed by atoms with van der Waals surface area (Å²) in [6.45, 7) is -1.28. The molecule has 3 fully saturated rings. The van der Waals surface area contributed by atoms with Crippen LogP contribution in [0.25, 0.3) is 0 Å². The molecule has 9 N–H and O–H groups in total. The SMILES string of the molecule is COc1cc(C[C@H]2CO[C@H](c3cc(OC)c(O[C@@H]4O[C@H](CO)[C@@H](O)[C@H](O)[C@H]4O)c(OC)c3)[C@H]2CO)cc(OC)c1O[C@@H]1O[C@H](CO)[C@@H](O)[C@H](O)[C@H]1O. The van der Waals surface area contributed by atoms with Gasteiger partial charge in [0.2, 0.25) is 24.1 Å². The van der Waals surface area contributed by atoms with Crippen molar-refractivity contribution in [1.82, 2.24) is 0 Å². The lowest BCUT2D eigenvalue weighted by atomic mass is 9.84. The van der Waals surface area contributed by atoms with Crippen molar-refractivity contribution in [3.05, 3.63) is 35.4 Å². The first-order chi connectivity index (χ1) is 24.9. The minimum absolute atomic E-state index is 0.0124. The van der Waals surface area contributed by atoms with Crippen molar-refractivity contribution in [1.29, 1.82) is 0 Å². The zero-order valence-electron chi connectivity index (χ0n) is 29.0. The number of hydrogen-bond donors (Lipinski definition) is 9. The van der Waals surface area contributed by atoms with Crippen molar-refractivity contribution in [3.8, 4) is 34.5 Å². The predicted octanol–water partition coefficient (Wildman–Crippen LogP) is -2.38. The van der Waals surface area contributed by atoms with E-state index in [1.54, 1.807) is 24.3 Å². The average molecular weight is 745 g/mol. The Bertz CT molecular complexity index is 1420. The molecular weight excluding hydrogens is 696 g/mol. The Kier molecular flexibility index (Phi) is 13.3. The van der Waals surface area contributed by atoms with Gasteiger partial charge in [-0.05, 0) is 47.7 Å². The Morgan fingerprint density at radius 1 is 0.577 bits per heavy atom. The summed E-state index contributed by atoms with van der Waals surface area (Å²) < 4.78 is 51.3. The Balaban J connectivity index is 1.36. The van der Waals surface area contributed by atoms with Crippen LogP contribution in [0, 0.1) is 11.8 Å². The van der Waals surface area contributed by atoms with Gasteiger partial charge in [0.15, 0.2) is 23.0 Å². The highest BCUT2D eigenvalue weighted by Crippen LogP contribution is 2.48. The number of aliphatic hydroxyl groups excluding tert-OH is 9. The topological polar surface area (TPSA) is 265 Å². The minimum atomic E-state index is -1.67.